The summed E-state index contributed by atoms with van der Waals surface area (Å²) in [5, 5.41) is 9.81. The Morgan fingerprint density at radius 1 is 1.18 bits per heavy atom. The first-order valence-corrected chi connectivity index (χ1v) is 6.71. The van der Waals surface area contributed by atoms with Gasteiger partial charge in [-0.15, -0.1) is 0 Å². The highest BCUT2D eigenvalue weighted by Gasteiger charge is 2.12. The number of aliphatic hydroxyl groups excluding tert-OH is 1. The normalized spacial score (nSPS) is 11.5. The minimum Gasteiger partial charge on any atom is -0.493 e. The van der Waals surface area contributed by atoms with Crippen LogP contribution in [0.3, 0.4) is 0 Å². The van der Waals surface area contributed by atoms with Crippen molar-refractivity contribution in [2.24, 2.45) is 0 Å². The second kappa shape index (κ2) is 7.99. The third-order valence-electron chi connectivity index (χ3n) is 2.80. The van der Waals surface area contributed by atoms with E-state index in [0.29, 0.717) is 17.1 Å². The average molecular weight is 303 g/mol. The van der Waals surface area contributed by atoms with Gasteiger partial charge in [0.05, 0.1) is 12.7 Å². The van der Waals surface area contributed by atoms with Gasteiger partial charge in [-0.05, 0) is 24.3 Å². The lowest BCUT2D eigenvalue weighted by Crippen LogP contribution is -2.25. The zero-order valence-corrected chi connectivity index (χ0v) is 12.1. The zero-order valence-electron chi connectivity index (χ0n) is 12.1. The van der Waals surface area contributed by atoms with Gasteiger partial charge in [0.15, 0.2) is 11.5 Å². The highest BCUT2D eigenvalue weighted by Crippen LogP contribution is 2.25. The number of pyridine rings is 1. The number of rotatable bonds is 7. The Morgan fingerprint density at radius 3 is 2.64 bits per heavy atom. The van der Waals surface area contributed by atoms with Gasteiger partial charge in [-0.1, -0.05) is 12.1 Å². The highest BCUT2D eigenvalue weighted by atomic mass is 16.6. The summed E-state index contributed by atoms with van der Waals surface area (Å²) >= 11 is 0. The number of aliphatic hydroxyl groups is 1. The molecule has 1 heterocycles. The van der Waals surface area contributed by atoms with Crippen molar-refractivity contribution in [2.75, 3.05) is 20.3 Å². The number of hydrogen-bond donors (Lipinski definition) is 1. The van der Waals surface area contributed by atoms with Gasteiger partial charge < -0.3 is 19.3 Å². The molecule has 0 spiro atoms. The summed E-state index contributed by atoms with van der Waals surface area (Å²) in [6, 6.07) is 10.3. The third-order valence-corrected chi connectivity index (χ3v) is 2.80. The van der Waals surface area contributed by atoms with Crippen LogP contribution in [0.15, 0.2) is 48.8 Å². The molecule has 116 valence electrons. The summed E-state index contributed by atoms with van der Waals surface area (Å²) in [6.45, 7) is -0.177. The van der Waals surface area contributed by atoms with E-state index in [1.807, 2.05) is 6.07 Å². The average Bonchev–Trinajstić information content (AvgIpc) is 2.58. The number of aromatic nitrogens is 1. The van der Waals surface area contributed by atoms with Crippen molar-refractivity contribution < 1.29 is 24.1 Å². The van der Waals surface area contributed by atoms with Gasteiger partial charge in [0, 0.05) is 12.4 Å². The minimum atomic E-state index is -0.939. The number of hydrogen-bond acceptors (Lipinski definition) is 6. The Morgan fingerprint density at radius 2 is 1.95 bits per heavy atom. The number of esters is 1. The maximum Gasteiger partial charge on any atom is 0.339 e. The summed E-state index contributed by atoms with van der Waals surface area (Å²) in [4.78, 5) is 15.5. The van der Waals surface area contributed by atoms with Crippen molar-refractivity contribution in [3.63, 3.8) is 0 Å². The van der Waals surface area contributed by atoms with Gasteiger partial charge >= 0.3 is 5.97 Å². The van der Waals surface area contributed by atoms with Crippen molar-refractivity contribution in [1.82, 2.24) is 4.98 Å². The monoisotopic (exact) mass is 303 g/mol. The summed E-state index contributed by atoms with van der Waals surface area (Å²) in [6.07, 6.45) is 2.03. The fraction of sp³-hybridized carbons (Fsp3) is 0.250. The molecule has 0 aliphatic heterocycles. The van der Waals surface area contributed by atoms with E-state index in [2.05, 4.69) is 4.98 Å². The number of carbonyl (C=O) groups is 1. The molecule has 6 heteroatoms. The molecule has 0 radical (unpaired) electrons. The maximum absolute atomic E-state index is 11.7. The van der Waals surface area contributed by atoms with Crippen molar-refractivity contribution in [3.05, 3.63) is 54.4 Å². The summed E-state index contributed by atoms with van der Waals surface area (Å²) in [5.74, 6) is 0.550. The number of nitrogens with zero attached hydrogens (tertiary/aromatic N) is 1. The Kier molecular flexibility index (Phi) is 5.73. The molecule has 0 saturated heterocycles. The number of ether oxygens (including phenoxy) is 3. The predicted octanol–water partition coefficient (Wildman–Crippen LogP) is 1.69. The summed E-state index contributed by atoms with van der Waals surface area (Å²) in [7, 11) is 1.54. The predicted molar refractivity (Wildman–Crippen MR) is 79.0 cm³/mol. The second-order valence-corrected chi connectivity index (χ2v) is 4.46. The Hall–Kier alpha value is -2.60. The van der Waals surface area contributed by atoms with Gasteiger partial charge in [0.1, 0.15) is 19.3 Å². The smallest absolute Gasteiger partial charge is 0.339 e. The molecule has 6 nitrogen and oxygen atoms in total. The molecule has 2 aromatic rings. The molecule has 0 aliphatic carbocycles. The molecular formula is C16H17NO5. The van der Waals surface area contributed by atoms with Gasteiger partial charge in [-0.25, -0.2) is 4.79 Å². The molecule has 22 heavy (non-hydrogen) atoms. The molecule has 0 bridgehead atoms. The van der Waals surface area contributed by atoms with Crippen molar-refractivity contribution >= 4 is 5.97 Å². The van der Waals surface area contributed by atoms with Crippen LogP contribution in [0.25, 0.3) is 0 Å². The van der Waals surface area contributed by atoms with E-state index in [9.17, 15) is 9.90 Å². The van der Waals surface area contributed by atoms with Crippen LogP contribution < -0.4 is 9.47 Å². The van der Waals surface area contributed by atoms with Crippen molar-refractivity contribution in [1.29, 1.82) is 0 Å². The molecule has 1 atom stereocenters. The topological polar surface area (TPSA) is 77.9 Å². The molecule has 1 N–H and O–H groups in total. The van der Waals surface area contributed by atoms with E-state index in [4.69, 9.17) is 14.2 Å². The quantitative estimate of drug-likeness (QED) is 0.784. The van der Waals surface area contributed by atoms with E-state index in [1.54, 1.807) is 36.5 Å². The van der Waals surface area contributed by atoms with E-state index >= 15 is 0 Å². The largest absolute Gasteiger partial charge is 0.493 e. The number of carbonyl (C=O) groups excluding carboxylic acids is 1. The second-order valence-electron chi connectivity index (χ2n) is 4.46. The van der Waals surface area contributed by atoms with Crippen LogP contribution >= 0.6 is 0 Å². The number of para-hydroxylation sites is 2. The van der Waals surface area contributed by atoms with E-state index < -0.39 is 12.1 Å². The molecule has 0 amide bonds. The summed E-state index contributed by atoms with van der Waals surface area (Å²) < 4.78 is 15.6. The van der Waals surface area contributed by atoms with Crippen LogP contribution in [0.2, 0.25) is 0 Å². The Bertz CT molecular complexity index is 602. The van der Waals surface area contributed by atoms with Crippen LogP contribution in [0.4, 0.5) is 0 Å². The maximum atomic E-state index is 11.7. The standard InChI is InChI=1S/C16H17NO5/c1-20-14-6-2-3-7-15(14)21-10-13(18)11-22-16(19)12-5-4-8-17-9-12/h2-9,13,18H,10-11H2,1H3. The van der Waals surface area contributed by atoms with Crippen LogP contribution in [-0.4, -0.2) is 42.5 Å². The fourth-order valence-electron chi connectivity index (χ4n) is 1.71. The van der Waals surface area contributed by atoms with Crippen LogP contribution in [-0.2, 0) is 4.74 Å². The number of methoxy groups -OCH3 is 1. The lowest BCUT2D eigenvalue weighted by Gasteiger charge is -2.14. The summed E-state index contributed by atoms with van der Waals surface area (Å²) in [5.41, 5.74) is 0.334. The van der Waals surface area contributed by atoms with Crippen molar-refractivity contribution in [2.45, 2.75) is 6.10 Å². The SMILES string of the molecule is COc1ccccc1OCC(O)COC(=O)c1cccnc1. The lowest BCUT2D eigenvalue weighted by molar-refractivity contribution is 0.0127. The molecule has 0 aliphatic rings. The molecule has 1 unspecified atom stereocenters. The van der Waals surface area contributed by atoms with Gasteiger partial charge in [0.25, 0.3) is 0 Å². The van der Waals surface area contributed by atoms with Crippen LogP contribution in [0.5, 0.6) is 11.5 Å². The van der Waals surface area contributed by atoms with Gasteiger partial charge in [-0.3, -0.25) is 4.98 Å². The molecule has 1 aromatic heterocycles. The highest BCUT2D eigenvalue weighted by molar-refractivity contribution is 5.88. The molecule has 2 rings (SSSR count). The Labute approximate surface area is 128 Å². The first-order chi connectivity index (χ1) is 10.7. The molecular weight excluding hydrogens is 286 g/mol. The van der Waals surface area contributed by atoms with E-state index in [1.165, 1.54) is 13.3 Å². The van der Waals surface area contributed by atoms with Gasteiger partial charge in [-0.2, -0.15) is 0 Å². The third kappa shape index (κ3) is 4.46. The van der Waals surface area contributed by atoms with Crippen LogP contribution in [0.1, 0.15) is 10.4 Å². The Balaban J connectivity index is 1.78. The molecule has 0 saturated carbocycles. The first kappa shape index (κ1) is 15.8. The molecule has 0 fully saturated rings. The van der Waals surface area contributed by atoms with Gasteiger partial charge in [0.2, 0.25) is 0 Å². The van der Waals surface area contributed by atoms with E-state index in [0.717, 1.165) is 0 Å². The fourth-order valence-corrected chi connectivity index (χ4v) is 1.71. The first-order valence-electron chi connectivity index (χ1n) is 6.71. The minimum absolute atomic E-state index is 0.0132. The van der Waals surface area contributed by atoms with E-state index in [-0.39, 0.29) is 13.2 Å². The number of benzene rings is 1. The molecule has 1 aromatic carbocycles. The zero-order chi connectivity index (χ0) is 15.8. The lowest BCUT2D eigenvalue weighted by atomic mass is 10.3. The van der Waals surface area contributed by atoms with Crippen molar-refractivity contribution in [3.8, 4) is 11.5 Å². The van der Waals surface area contributed by atoms with Crippen LogP contribution in [0, 0.1) is 0 Å².